The average Bonchev–Trinajstić information content (AvgIpc) is 2.69. The minimum atomic E-state index is -0.402. The monoisotopic (exact) mass is 377 g/mol. The van der Waals surface area contributed by atoms with Crippen LogP contribution >= 0.6 is 0 Å². The molecule has 2 unspecified atom stereocenters. The highest BCUT2D eigenvalue weighted by molar-refractivity contribution is 5.94. The highest BCUT2D eigenvalue weighted by Crippen LogP contribution is 2.22. The molecule has 0 aliphatic heterocycles. The molecule has 1 aliphatic rings. The fourth-order valence-electron chi connectivity index (χ4n) is 3.83. The van der Waals surface area contributed by atoms with Crippen LogP contribution in [0.1, 0.15) is 67.1 Å². The summed E-state index contributed by atoms with van der Waals surface area (Å²) in [6, 6.07) is 2.59. The van der Waals surface area contributed by atoms with E-state index < -0.39 is 5.97 Å². The van der Waals surface area contributed by atoms with Crippen molar-refractivity contribution >= 4 is 11.8 Å². The molecule has 152 valence electrons. The molecule has 1 saturated carbocycles. The van der Waals surface area contributed by atoms with Gasteiger partial charge < -0.3 is 20.5 Å². The Morgan fingerprint density at radius 3 is 2.63 bits per heavy atom. The molecule has 2 atom stereocenters. The van der Waals surface area contributed by atoms with Gasteiger partial charge in [0.1, 0.15) is 11.4 Å². The van der Waals surface area contributed by atoms with Crippen molar-refractivity contribution in [2.75, 3.05) is 25.6 Å². The minimum absolute atomic E-state index is 0.0471. The summed E-state index contributed by atoms with van der Waals surface area (Å²) in [6.07, 6.45) is 7.28. The second-order valence-electron chi connectivity index (χ2n) is 7.62. The Labute approximate surface area is 163 Å². The smallest absolute Gasteiger partial charge is 0.341 e. The van der Waals surface area contributed by atoms with E-state index in [1.807, 2.05) is 19.9 Å². The van der Waals surface area contributed by atoms with Crippen LogP contribution < -0.4 is 10.6 Å². The molecule has 3 N–H and O–H groups in total. The van der Waals surface area contributed by atoms with E-state index in [1.54, 1.807) is 0 Å². The molecule has 0 aromatic carbocycles. The number of carbonyl (C=O) groups is 1. The first-order valence-corrected chi connectivity index (χ1v) is 10.2. The number of anilines is 1. The molecule has 1 aromatic heterocycles. The first-order chi connectivity index (χ1) is 13.0. The van der Waals surface area contributed by atoms with Crippen molar-refractivity contribution in [1.82, 2.24) is 10.3 Å². The quantitative estimate of drug-likeness (QED) is 0.573. The number of hydrogen-bond acceptors (Lipinski definition) is 6. The first kappa shape index (κ1) is 21.6. The molecule has 0 saturated heterocycles. The number of aliphatic hydroxyl groups excluding tert-OH is 1. The lowest BCUT2D eigenvalue weighted by molar-refractivity contribution is 0.0601. The van der Waals surface area contributed by atoms with Crippen molar-refractivity contribution < 1.29 is 14.6 Å². The first-order valence-electron chi connectivity index (χ1n) is 10.2. The number of rotatable bonds is 9. The molecule has 6 heteroatoms. The summed E-state index contributed by atoms with van der Waals surface area (Å²) < 4.78 is 4.89. The molecule has 0 spiro atoms. The molecular formula is C21H35N3O3. The van der Waals surface area contributed by atoms with Crippen LogP contribution in [0.25, 0.3) is 0 Å². The second-order valence-corrected chi connectivity index (χ2v) is 7.62. The van der Waals surface area contributed by atoms with Gasteiger partial charge >= 0.3 is 5.97 Å². The van der Waals surface area contributed by atoms with Crippen LogP contribution in [-0.4, -0.2) is 48.4 Å². The number of aryl methyl sites for hydroxylation is 2. The van der Waals surface area contributed by atoms with Crippen LogP contribution in [0.3, 0.4) is 0 Å². The fourth-order valence-corrected chi connectivity index (χ4v) is 3.83. The lowest BCUT2D eigenvalue weighted by atomic mass is 9.91. The zero-order valence-electron chi connectivity index (χ0n) is 17.2. The van der Waals surface area contributed by atoms with E-state index in [-0.39, 0.29) is 18.6 Å². The van der Waals surface area contributed by atoms with Gasteiger partial charge in [-0.2, -0.15) is 0 Å². The standard InChI is InChI=1S/C21H35N3O3/c1-5-19(24-17-9-7-6-8-10-17)16(13-25)12-22-20-18(21(26)27-4)11-14(2)15(3)23-20/h11,16-17,19,24-25H,5-10,12-13H2,1-4H3,(H,22,23). The Morgan fingerprint density at radius 2 is 2.04 bits per heavy atom. The van der Waals surface area contributed by atoms with Crippen molar-refractivity contribution in [2.24, 2.45) is 5.92 Å². The number of carbonyl (C=O) groups excluding carboxylic acids is 1. The molecule has 2 rings (SSSR count). The summed E-state index contributed by atoms with van der Waals surface area (Å²) in [5, 5.41) is 17.0. The van der Waals surface area contributed by atoms with Gasteiger partial charge in [0, 0.05) is 36.8 Å². The molecule has 0 amide bonds. The summed E-state index contributed by atoms with van der Waals surface area (Å²) in [4.78, 5) is 16.6. The van der Waals surface area contributed by atoms with Crippen LogP contribution in [0.5, 0.6) is 0 Å². The van der Waals surface area contributed by atoms with Crippen molar-refractivity contribution in [2.45, 2.75) is 71.4 Å². The van der Waals surface area contributed by atoms with Crippen molar-refractivity contribution in [3.05, 3.63) is 22.9 Å². The van der Waals surface area contributed by atoms with Crippen molar-refractivity contribution in [3.63, 3.8) is 0 Å². The molecule has 27 heavy (non-hydrogen) atoms. The summed E-state index contributed by atoms with van der Waals surface area (Å²) in [5.74, 6) is 0.169. The number of nitrogens with one attached hydrogen (secondary N) is 2. The van der Waals surface area contributed by atoms with E-state index in [1.165, 1.54) is 39.2 Å². The Kier molecular flexibility index (Phi) is 8.51. The van der Waals surface area contributed by atoms with E-state index in [9.17, 15) is 9.90 Å². The van der Waals surface area contributed by atoms with E-state index in [2.05, 4.69) is 22.5 Å². The predicted molar refractivity (Wildman–Crippen MR) is 108 cm³/mol. The maximum absolute atomic E-state index is 12.1. The Morgan fingerprint density at radius 1 is 1.33 bits per heavy atom. The largest absolute Gasteiger partial charge is 0.465 e. The summed E-state index contributed by atoms with van der Waals surface area (Å²) in [7, 11) is 1.37. The van der Waals surface area contributed by atoms with Gasteiger partial charge in [0.15, 0.2) is 0 Å². The van der Waals surface area contributed by atoms with Gasteiger partial charge in [-0.05, 0) is 44.7 Å². The summed E-state index contributed by atoms with van der Waals surface area (Å²) in [6.45, 7) is 6.63. The number of aliphatic hydroxyl groups is 1. The number of nitrogens with zero attached hydrogens (tertiary/aromatic N) is 1. The highest BCUT2D eigenvalue weighted by atomic mass is 16.5. The molecular weight excluding hydrogens is 342 g/mol. The lowest BCUT2D eigenvalue weighted by Gasteiger charge is -2.32. The molecule has 6 nitrogen and oxygen atoms in total. The van der Waals surface area contributed by atoms with Gasteiger partial charge in [-0.15, -0.1) is 0 Å². The Hall–Kier alpha value is -1.66. The number of hydrogen-bond donors (Lipinski definition) is 3. The third-order valence-corrected chi connectivity index (χ3v) is 5.70. The third-order valence-electron chi connectivity index (χ3n) is 5.70. The van der Waals surface area contributed by atoms with Gasteiger partial charge in [0.05, 0.1) is 7.11 Å². The number of methoxy groups -OCH3 is 1. The van der Waals surface area contributed by atoms with Gasteiger partial charge in [0.25, 0.3) is 0 Å². The molecule has 1 heterocycles. The maximum atomic E-state index is 12.1. The zero-order valence-corrected chi connectivity index (χ0v) is 17.2. The fraction of sp³-hybridized carbons (Fsp3) is 0.714. The van der Waals surface area contributed by atoms with Gasteiger partial charge in [0.2, 0.25) is 0 Å². The van der Waals surface area contributed by atoms with E-state index in [0.29, 0.717) is 24.0 Å². The number of pyridine rings is 1. The second kappa shape index (κ2) is 10.6. The van der Waals surface area contributed by atoms with Crippen molar-refractivity contribution in [3.8, 4) is 0 Å². The molecule has 1 aromatic rings. The van der Waals surface area contributed by atoms with Gasteiger partial charge in [-0.3, -0.25) is 0 Å². The number of aromatic nitrogens is 1. The topological polar surface area (TPSA) is 83.5 Å². The number of esters is 1. The molecule has 1 aliphatic carbocycles. The van der Waals surface area contributed by atoms with Crippen LogP contribution in [-0.2, 0) is 4.74 Å². The molecule has 0 radical (unpaired) electrons. The van der Waals surface area contributed by atoms with E-state index in [0.717, 1.165) is 17.7 Å². The normalized spacial score (nSPS) is 17.4. The summed E-state index contributed by atoms with van der Waals surface area (Å²) in [5.41, 5.74) is 2.26. The maximum Gasteiger partial charge on any atom is 0.341 e. The van der Waals surface area contributed by atoms with E-state index >= 15 is 0 Å². The number of ether oxygens (including phenoxy) is 1. The SMILES string of the molecule is CCC(NC1CCCCC1)C(CO)CNc1nc(C)c(C)cc1C(=O)OC. The predicted octanol–water partition coefficient (Wildman–Crippen LogP) is 3.21. The molecule has 1 fully saturated rings. The van der Waals surface area contributed by atoms with Crippen LogP contribution in [0, 0.1) is 19.8 Å². The summed E-state index contributed by atoms with van der Waals surface area (Å²) >= 11 is 0. The van der Waals surface area contributed by atoms with Gasteiger partial charge in [-0.1, -0.05) is 26.2 Å². The third kappa shape index (κ3) is 5.91. The average molecular weight is 378 g/mol. The highest BCUT2D eigenvalue weighted by Gasteiger charge is 2.24. The Balaban J connectivity index is 2.07. The van der Waals surface area contributed by atoms with Crippen LogP contribution in [0.4, 0.5) is 5.82 Å². The van der Waals surface area contributed by atoms with E-state index in [4.69, 9.17) is 4.74 Å². The van der Waals surface area contributed by atoms with Crippen LogP contribution in [0.15, 0.2) is 6.07 Å². The lowest BCUT2D eigenvalue weighted by Crippen LogP contribution is -2.46. The zero-order chi connectivity index (χ0) is 19.8. The van der Waals surface area contributed by atoms with Crippen molar-refractivity contribution in [1.29, 1.82) is 0 Å². The Bertz CT molecular complexity index is 615. The van der Waals surface area contributed by atoms with Gasteiger partial charge in [-0.25, -0.2) is 9.78 Å². The minimum Gasteiger partial charge on any atom is -0.465 e. The molecule has 0 bridgehead atoms. The van der Waals surface area contributed by atoms with Crippen LogP contribution in [0.2, 0.25) is 0 Å².